The van der Waals surface area contributed by atoms with Gasteiger partial charge >= 0.3 is 0 Å². The third-order valence-electron chi connectivity index (χ3n) is 4.85. The molecule has 1 unspecified atom stereocenters. The molecule has 2 fully saturated rings. The number of ether oxygens (including phenoxy) is 1. The van der Waals surface area contributed by atoms with E-state index in [2.05, 4.69) is 18.7 Å². The Bertz CT molecular complexity index is 321. The fraction of sp³-hybridized carbons (Fsp3) is 0.938. The summed E-state index contributed by atoms with van der Waals surface area (Å²) < 4.78 is 5.39. The van der Waals surface area contributed by atoms with E-state index in [9.17, 15) is 4.79 Å². The van der Waals surface area contributed by atoms with Gasteiger partial charge in [0.15, 0.2) is 0 Å². The van der Waals surface area contributed by atoms with Gasteiger partial charge in [0, 0.05) is 45.2 Å². The van der Waals surface area contributed by atoms with Gasteiger partial charge < -0.3 is 15.4 Å². The number of carbonyl (C=O) groups excluding carboxylic acids is 1. The fourth-order valence-electron chi connectivity index (χ4n) is 3.08. The van der Waals surface area contributed by atoms with Crippen LogP contribution < -0.4 is 5.73 Å². The van der Waals surface area contributed by atoms with Crippen molar-refractivity contribution in [2.75, 3.05) is 45.9 Å². The van der Waals surface area contributed by atoms with Gasteiger partial charge in [-0.25, -0.2) is 0 Å². The van der Waals surface area contributed by atoms with Crippen LogP contribution in [0.3, 0.4) is 0 Å². The van der Waals surface area contributed by atoms with Crippen molar-refractivity contribution in [3.8, 4) is 0 Å². The Labute approximate surface area is 128 Å². The molecule has 2 heterocycles. The van der Waals surface area contributed by atoms with Crippen LogP contribution in [0.15, 0.2) is 0 Å². The van der Waals surface area contributed by atoms with Crippen molar-refractivity contribution < 1.29 is 9.53 Å². The monoisotopic (exact) mass is 297 g/mol. The molecule has 0 aromatic heterocycles. The molecular weight excluding hydrogens is 266 g/mol. The molecule has 0 bridgehead atoms. The molecule has 2 aliphatic heterocycles. The predicted molar refractivity (Wildman–Crippen MR) is 84.0 cm³/mol. The van der Waals surface area contributed by atoms with Crippen LogP contribution in [0.25, 0.3) is 0 Å². The fourth-order valence-corrected chi connectivity index (χ4v) is 3.08. The number of hydrogen-bond donors (Lipinski definition) is 1. The van der Waals surface area contributed by atoms with Crippen LogP contribution in [0.4, 0.5) is 0 Å². The lowest BCUT2D eigenvalue weighted by molar-refractivity contribution is -0.133. The van der Waals surface area contributed by atoms with Crippen LogP contribution in [0, 0.1) is 11.8 Å². The van der Waals surface area contributed by atoms with E-state index in [-0.39, 0.29) is 11.9 Å². The molecule has 0 saturated carbocycles. The standard InChI is InChI=1S/C16H31N3O2/c1-13(2)15(17)11-16(20)19-5-3-14(4-6-19)12-18-7-9-21-10-8-18/h13-15H,3-12,17H2,1-2H3. The largest absolute Gasteiger partial charge is 0.379 e. The minimum Gasteiger partial charge on any atom is -0.379 e. The van der Waals surface area contributed by atoms with E-state index in [1.54, 1.807) is 0 Å². The van der Waals surface area contributed by atoms with Gasteiger partial charge in [0.25, 0.3) is 0 Å². The lowest BCUT2D eigenvalue weighted by atomic mass is 9.95. The van der Waals surface area contributed by atoms with E-state index >= 15 is 0 Å². The summed E-state index contributed by atoms with van der Waals surface area (Å²) in [5, 5.41) is 0. The molecule has 122 valence electrons. The van der Waals surface area contributed by atoms with Gasteiger partial charge in [-0.15, -0.1) is 0 Å². The molecule has 1 atom stereocenters. The first-order valence-electron chi connectivity index (χ1n) is 8.39. The van der Waals surface area contributed by atoms with Gasteiger partial charge in [-0.05, 0) is 24.7 Å². The number of hydrogen-bond acceptors (Lipinski definition) is 4. The quantitative estimate of drug-likeness (QED) is 0.820. The average molecular weight is 297 g/mol. The zero-order chi connectivity index (χ0) is 15.2. The maximum atomic E-state index is 12.2. The van der Waals surface area contributed by atoms with E-state index in [1.165, 1.54) is 0 Å². The zero-order valence-corrected chi connectivity index (χ0v) is 13.6. The molecule has 0 spiro atoms. The number of nitrogens with zero attached hydrogens (tertiary/aromatic N) is 2. The Morgan fingerprint density at radius 3 is 2.38 bits per heavy atom. The summed E-state index contributed by atoms with van der Waals surface area (Å²) in [7, 11) is 0. The van der Waals surface area contributed by atoms with Crippen LogP contribution in [0.5, 0.6) is 0 Å². The Hall–Kier alpha value is -0.650. The summed E-state index contributed by atoms with van der Waals surface area (Å²) in [6, 6.07) is -0.0106. The van der Waals surface area contributed by atoms with Crippen molar-refractivity contribution in [3.05, 3.63) is 0 Å². The number of amides is 1. The molecule has 2 aliphatic rings. The number of rotatable bonds is 5. The van der Waals surface area contributed by atoms with Gasteiger partial charge in [0.05, 0.1) is 13.2 Å². The minimum absolute atomic E-state index is 0.0106. The van der Waals surface area contributed by atoms with Crippen LogP contribution in [0.1, 0.15) is 33.1 Å². The molecule has 21 heavy (non-hydrogen) atoms. The summed E-state index contributed by atoms with van der Waals surface area (Å²) in [6.45, 7) is 11.0. The van der Waals surface area contributed by atoms with E-state index in [0.717, 1.165) is 64.7 Å². The number of piperidine rings is 1. The van der Waals surface area contributed by atoms with Crippen LogP contribution in [-0.4, -0.2) is 67.7 Å². The van der Waals surface area contributed by atoms with Gasteiger partial charge in [-0.3, -0.25) is 9.69 Å². The molecule has 5 nitrogen and oxygen atoms in total. The number of nitrogens with two attached hydrogens (primary N) is 1. The molecule has 2 saturated heterocycles. The molecular formula is C16H31N3O2. The van der Waals surface area contributed by atoms with Crippen LogP contribution >= 0.6 is 0 Å². The van der Waals surface area contributed by atoms with Gasteiger partial charge in [-0.1, -0.05) is 13.8 Å². The second kappa shape index (κ2) is 8.11. The zero-order valence-electron chi connectivity index (χ0n) is 13.6. The number of carbonyl (C=O) groups is 1. The van der Waals surface area contributed by atoms with Crippen molar-refractivity contribution in [2.45, 2.75) is 39.2 Å². The third kappa shape index (κ3) is 5.24. The van der Waals surface area contributed by atoms with Crippen molar-refractivity contribution in [2.24, 2.45) is 17.6 Å². The van der Waals surface area contributed by atoms with Gasteiger partial charge in [0.1, 0.15) is 0 Å². The first-order valence-corrected chi connectivity index (χ1v) is 8.39. The van der Waals surface area contributed by atoms with Crippen molar-refractivity contribution in [1.82, 2.24) is 9.80 Å². The van der Waals surface area contributed by atoms with E-state index in [1.807, 2.05) is 4.90 Å². The molecule has 0 aliphatic carbocycles. The Kier molecular flexibility index (Phi) is 6.45. The molecule has 5 heteroatoms. The highest BCUT2D eigenvalue weighted by Crippen LogP contribution is 2.20. The van der Waals surface area contributed by atoms with Crippen molar-refractivity contribution >= 4 is 5.91 Å². The van der Waals surface area contributed by atoms with E-state index < -0.39 is 0 Å². The summed E-state index contributed by atoms with van der Waals surface area (Å²) in [6.07, 6.45) is 2.74. The average Bonchev–Trinajstić information content (AvgIpc) is 2.48. The molecule has 0 aromatic carbocycles. The predicted octanol–water partition coefficient (Wildman–Crippen LogP) is 0.931. The summed E-state index contributed by atoms with van der Waals surface area (Å²) in [4.78, 5) is 16.7. The smallest absolute Gasteiger partial charge is 0.224 e. The molecule has 0 radical (unpaired) electrons. The first-order chi connectivity index (χ1) is 10.1. The summed E-state index contributed by atoms with van der Waals surface area (Å²) in [5.74, 6) is 1.33. The van der Waals surface area contributed by atoms with Crippen molar-refractivity contribution in [3.63, 3.8) is 0 Å². The molecule has 2 N–H and O–H groups in total. The molecule has 2 rings (SSSR count). The summed E-state index contributed by atoms with van der Waals surface area (Å²) >= 11 is 0. The third-order valence-corrected chi connectivity index (χ3v) is 4.85. The van der Waals surface area contributed by atoms with E-state index in [4.69, 9.17) is 10.5 Å². The van der Waals surface area contributed by atoms with Crippen LogP contribution in [0.2, 0.25) is 0 Å². The highest BCUT2D eigenvalue weighted by atomic mass is 16.5. The van der Waals surface area contributed by atoms with Crippen LogP contribution in [-0.2, 0) is 9.53 Å². The lowest BCUT2D eigenvalue weighted by Crippen LogP contribution is -2.45. The first kappa shape index (κ1) is 16.7. The molecule has 1 amide bonds. The SMILES string of the molecule is CC(C)C(N)CC(=O)N1CCC(CN2CCOCC2)CC1. The topological polar surface area (TPSA) is 58.8 Å². The van der Waals surface area contributed by atoms with Gasteiger partial charge in [0.2, 0.25) is 5.91 Å². The minimum atomic E-state index is -0.0106. The highest BCUT2D eigenvalue weighted by Gasteiger charge is 2.26. The normalized spacial score (nSPS) is 23.5. The van der Waals surface area contributed by atoms with Crippen molar-refractivity contribution in [1.29, 1.82) is 0 Å². The maximum absolute atomic E-state index is 12.2. The lowest BCUT2D eigenvalue weighted by Gasteiger charge is -2.36. The van der Waals surface area contributed by atoms with Gasteiger partial charge in [-0.2, -0.15) is 0 Å². The Morgan fingerprint density at radius 2 is 1.81 bits per heavy atom. The number of likely N-dealkylation sites (tertiary alicyclic amines) is 1. The van der Waals surface area contributed by atoms with E-state index in [0.29, 0.717) is 12.3 Å². The maximum Gasteiger partial charge on any atom is 0.224 e. The second-order valence-corrected chi connectivity index (χ2v) is 6.85. The number of morpholine rings is 1. The summed E-state index contributed by atoms with van der Waals surface area (Å²) in [5.41, 5.74) is 6.01. The Balaban J connectivity index is 1.68. The highest BCUT2D eigenvalue weighted by molar-refractivity contribution is 5.76. The Morgan fingerprint density at radius 1 is 1.19 bits per heavy atom. The molecule has 0 aromatic rings. The second-order valence-electron chi connectivity index (χ2n) is 6.85.